The van der Waals surface area contributed by atoms with Crippen molar-refractivity contribution in [3.8, 4) is 0 Å². The van der Waals surface area contributed by atoms with Gasteiger partial charge in [0.05, 0.1) is 4.92 Å². The van der Waals surface area contributed by atoms with Crippen LogP contribution in [-0.2, 0) is 0 Å². The number of hydrogen-bond donors (Lipinski definition) is 1. The van der Waals surface area contributed by atoms with Crippen LogP contribution in [0.25, 0.3) is 0 Å². The lowest BCUT2D eigenvalue weighted by Crippen LogP contribution is -2.13. The lowest BCUT2D eigenvalue weighted by Gasteiger charge is -2.09. The summed E-state index contributed by atoms with van der Waals surface area (Å²) in [5, 5.41) is 13.8. The van der Waals surface area contributed by atoms with Gasteiger partial charge in [0, 0.05) is 22.3 Å². The average molecular weight is 325 g/mol. The third kappa shape index (κ3) is 3.32. The van der Waals surface area contributed by atoms with Crippen molar-refractivity contribution in [1.29, 1.82) is 0 Å². The van der Waals surface area contributed by atoms with Gasteiger partial charge in [-0.15, -0.1) is 0 Å². The Bertz CT molecular complexity index is 732. The van der Waals surface area contributed by atoms with E-state index in [-0.39, 0.29) is 16.3 Å². The summed E-state index contributed by atoms with van der Waals surface area (Å²) < 4.78 is 0. The van der Waals surface area contributed by atoms with E-state index in [0.29, 0.717) is 10.7 Å². The third-order valence-corrected chi connectivity index (χ3v) is 3.63. The van der Waals surface area contributed by atoms with Gasteiger partial charge in [0.1, 0.15) is 5.02 Å². The van der Waals surface area contributed by atoms with Gasteiger partial charge in [0.2, 0.25) is 0 Å². The average Bonchev–Trinajstić information content (AvgIpc) is 2.43. The molecule has 0 spiro atoms. The molecule has 0 heterocycles. The quantitative estimate of drug-likeness (QED) is 0.669. The molecule has 7 heteroatoms. The van der Waals surface area contributed by atoms with Crippen LogP contribution in [-0.4, -0.2) is 10.8 Å². The van der Waals surface area contributed by atoms with Gasteiger partial charge in [-0.1, -0.05) is 29.3 Å². The molecule has 2 rings (SSSR count). The molecule has 2 aromatic carbocycles. The second-order valence-corrected chi connectivity index (χ2v) is 5.10. The Kier molecular flexibility index (Phi) is 4.45. The second-order valence-electron chi connectivity index (χ2n) is 4.29. The smallest absolute Gasteiger partial charge is 0.287 e. The monoisotopic (exact) mass is 324 g/mol. The van der Waals surface area contributed by atoms with E-state index >= 15 is 0 Å². The van der Waals surface area contributed by atoms with Crippen LogP contribution in [0.4, 0.5) is 11.4 Å². The highest BCUT2D eigenvalue weighted by Crippen LogP contribution is 2.27. The standard InChI is InChI=1S/C14H10Cl2N2O3/c1-8-10(15)3-2-4-12(8)17-14(19)9-5-6-13(18(20)21)11(16)7-9/h2-7H,1H3,(H,17,19). The maximum absolute atomic E-state index is 12.1. The molecule has 0 saturated heterocycles. The van der Waals surface area contributed by atoms with E-state index in [9.17, 15) is 14.9 Å². The first kappa shape index (κ1) is 15.3. The Morgan fingerprint density at radius 1 is 1.19 bits per heavy atom. The summed E-state index contributed by atoms with van der Waals surface area (Å²) in [5.41, 5.74) is 1.29. The molecular formula is C14H10Cl2N2O3. The summed E-state index contributed by atoms with van der Waals surface area (Å²) in [6, 6.07) is 8.95. The lowest BCUT2D eigenvalue weighted by molar-refractivity contribution is -0.384. The van der Waals surface area contributed by atoms with E-state index in [1.807, 2.05) is 0 Å². The first-order chi connectivity index (χ1) is 9.90. The molecule has 1 N–H and O–H groups in total. The molecule has 0 aromatic heterocycles. The molecule has 0 fully saturated rings. The fourth-order valence-corrected chi connectivity index (χ4v) is 2.16. The third-order valence-electron chi connectivity index (χ3n) is 2.92. The molecule has 0 aliphatic carbocycles. The van der Waals surface area contributed by atoms with E-state index in [2.05, 4.69) is 5.32 Å². The van der Waals surface area contributed by atoms with Crippen LogP contribution in [0.5, 0.6) is 0 Å². The van der Waals surface area contributed by atoms with Gasteiger partial charge in [-0.05, 0) is 36.8 Å². The summed E-state index contributed by atoms with van der Waals surface area (Å²) in [6.07, 6.45) is 0. The van der Waals surface area contributed by atoms with E-state index in [1.54, 1.807) is 25.1 Å². The summed E-state index contributed by atoms with van der Waals surface area (Å²) in [6.45, 7) is 1.78. The number of nitrogens with zero attached hydrogens (tertiary/aromatic N) is 1. The first-order valence-corrected chi connectivity index (χ1v) is 6.66. The van der Waals surface area contributed by atoms with Gasteiger partial charge < -0.3 is 5.32 Å². The SMILES string of the molecule is Cc1c(Cl)cccc1NC(=O)c1ccc([N+](=O)[O-])c(Cl)c1. The van der Waals surface area contributed by atoms with Crippen molar-refractivity contribution in [3.63, 3.8) is 0 Å². The number of hydrogen-bond acceptors (Lipinski definition) is 3. The van der Waals surface area contributed by atoms with E-state index in [4.69, 9.17) is 23.2 Å². The largest absolute Gasteiger partial charge is 0.322 e. The molecule has 0 atom stereocenters. The van der Waals surface area contributed by atoms with Gasteiger partial charge in [0.25, 0.3) is 11.6 Å². The zero-order chi connectivity index (χ0) is 15.6. The summed E-state index contributed by atoms with van der Waals surface area (Å²) in [7, 11) is 0. The molecule has 21 heavy (non-hydrogen) atoms. The molecule has 0 bridgehead atoms. The van der Waals surface area contributed by atoms with Crippen molar-refractivity contribution in [2.45, 2.75) is 6.92 Å². The number of carbonyl (C=O) groups is 1. The molecule has 5 nitrogen and oxygen atoms in total. The number of anilines is 1. The maximum atomic E-state index is 12.1. The van der Waals surface area contributed by atoms with Crippen molar-refractivity contribution >= 4 is 40.5 Å². The minimum atomic E-state index is -0.606. The topological polar surface area (TPSA) is 72.2 Å². The number of nitro benzene ring substituents is 1. The molecule has 0 aliphatic rings. The first-order valence-electron chi connectivity index (χ1n) is 5.90. The fourth-order valence-electron chi connectivity index (χ4n) is 1.73. The van der Waals surface area contributed by atoms with E-state index in [1.165, 1.54) is 18.2 Å². The van der Waals surface area contributed by atoms with Crippen LogP contribution in [0.3, 0.4) is 0 Å². The van der Waals surface area contributed by atoms with Crippen LogP contribution in [0.15, 0.2) is 36.4 Å². The Balaban J connectivity index is 2.27. The molecule has 108 valence electrons. The van der Waals surface area contributed by atoms with E-state index in [0.717, 1.165) is 5.56 Å². The predicted octanol–water partition coefficient (Wildman–Crippen LogP) is 4.46. The van der Waals surface area contributed by atoms with Gasteiger partial charge >= 0.3 is 0 Å². The number of carbonyl (C=O) groups excluding carboxylic acids is 1. The Labute approximate surface area is 130 Å². The second kappa shape index (κ2) is 6.11. The van der Waals surface area contributed by atoms with Crippen molar-refractivity contribution < 1.29 is 9.72 Å². The predicted molar refractivity (Wildman–Crippen MR) is 82.2 cm³/mol. The molecule has 0 saturated carbocycles. The number of amides is 1. The van der Waals surface area contributed by atoms with Gasteiger partial charge in [-0.25, -0.2) is 0 Å². The van der Waals surface area contributed by atoms with Crippen molar-refractivity contribution in [2.75, 3.05) is 5.32 Å². The van der Waals surface area contributed by atoms with Crippen LogP contribution in [0, 0.1) is 17.0 Å². The Morgan fingerprint density at radius 2 is 1.90 bits per heavy atom. The molecule has 1 amide bonds. The molecule has 0 unspecified atom stereocenters. The number of benzene rings is 2. The van der Waals surface area contributed by atoms with Gasteiger partial charge in [-0.3, -0.25) is 14.9 Å². The Morgan fingerprint density at radius 3 is 2.52 bits per heavy atom. The molecular weight excluding hydrogens is 315 g/mol. The number of halogens is 2. The highest BCUT2D eigenvalue weighted by molar-refractivity contribution is 6.33. The zero-order valence-electron chi connectivity index (χ0n) is 10.9. The van der Waals surface area contributed by atoms with Gasteiger partial charge in [-0.2, -0.15) is 0 Å². The normalized spacial score (nSPS) is 10.2. The van der Waals surface area contributed by atoms with Crippen LogP contribution in [0.2, 0.25) is 10.0 Å². The van der Waals surface area contributed by atoms with Crippen LogP contribution < -0.4 is 5.32 Å². The molecule has 2 aromatic rings. The van der Waals surface area contributed by atoms with Crippen molar-refractivity contribution in [1.82, 2.24) is 0 Å². The summed E-state index contributed by atoms with van der Waals surface area (Å²) >= 11 is 11.8. The molecule has 0 aliphatic heterocycles. The minimum absolute atomic E-state index is 0.0875. The summed E-state index contributed by atoms with van der Waals surface area (Å²) in [5.74, 6) is -0.419. The van der Waals surface area contributed by atoms with Crippen LogP contribution in [0.1, 0.15) is 15.9 Å². The van der Waals surface area contributed by atoms with E-state index < -0.39 is 10.8 Å². The highest BCUT2D eigenvalue weighted by atomic mass is 35.5. The van der Waals surface area contributed by atoms with Crippen LogP contribution >= 0.6 is 23.2 Å². The number of nitrogens with one attached hydrogen (secondary N) is 1. The van der Waals surface area contributed by atoms with Crippen molar-refractivity contribution in [3.05, 3.63) is 67.7 Å². The Hall–Kier alpha value is -2.11. The van der Waals surface area contributed by atoms with Crippen molar-refractivity contribution in [2.24, 2.45) is 0 Å². The maximum Gasteiger partial charge on any atom is 0.287 e. The number of nitro groups is 1. The minimum Gasteiger partial charge on any atom is -0.322 e. The molecule has 0 radical (unpaired) electrons. The summed E-state index contributed by atoms with van der Waals surface area (Å²) in [4.78, 5) is 22.2. The van der Waals surface area contributed by atoms with Gasteiger partial charge in [0.15, 0.2) is 0 Å². The highest BCUT2D eigenvalue weighted by Gasteiger charge is 2.16. The fraction of sp³-hybridized carbons (Fsp3) is 0.0714. The number of rotatable bonds is 3. The lowest BCUT2D eigenvalue weighted by atomic mass is 10.1. The zero-order valence-corrected chi connectivity index (χ0v) is 12.4.